The quantitative estimate of drug-likeness (QED) is 0.728. The second-order valence-corrected chi connectivity index (χ2v) is 5.66. The van der Waals surface area contributed by atoms with Gasteiger partial charge in [0, 0.05) is 32.5 Å². The average molecular weight is 328 g/mol. The number of anilines is 1. The molecule has 1 aromatic carbocycles. The Labute approximate surface area is 142 Å². The number of amides is 1. The van der Waals surface area contributed by atoms with Gasteiger partial charge >= 0.3 is 0 Å². The van der Waals surface area contributed by atoms with E-state index >= 15 is 0 Å². The van der Waals surface area contributed by atoms with E-state index in [1.165, 1.54) is 5.56 Å². The number of benzene rings is 1. The Bertz CT molecular complexity index is 688. The molecule has 0 spiro atoms. The summed E-state index contributed by atoms with van der Waals surface area (Å²) >= 11 is 0. The minimum absolute atomic E-state index is 0.199. The van der Waals surface area contributed by atoms with Crippen molar-refractivity contribution in [2.24, 2.45) is 0 Å². The first-order chi connectivity index (χ1) is 11.6. The van der Waals surface area contributed by atoms with E-state index in [9.17, 15) is 4.79 Å². The van der Waals surface area contributed by atoms with Gasteiger partial charge in [0.1, 0.15) is 5.69 Å². The van der Waals surface area contributed by atoms with E-state index in [0.29, 0.717) is 31.3 Å². The molecule has 0 saturated carbocycles. The molecule has 1 heterocycles. The maximum absolute atomic E-state index is 12.2. The predicted octanol–water partition coefficient (Wildman–Crippen LogP) is 2.47. The Morgan fingerprint density at radius 2 is 2.04 bits per heavy atom. The lowest BCUT2D eigenvalue weighted by atomic mass is 10.1. The SMILES string of the molecule is COCCCNC(=O)c1cc(C)nc(NCc2cccc(C)c2)n1. The number of nitrogens with one attached hydrogen (secondary N) is 2. The van der Waals surface area contributed by atoms with Crippen LogP contribution in [0.25, 0.3) is 0 Å². The molecule has 0 aliphatic rings. The number of carbonyl (C=O) groups is 1. The van der Waals surface area contributed by atoms with Gasteiger partial charge in [-0.1, -0.05) is 29.8 Å². The smallest absolute Gasteiger partial charge is 0.270 e. The Kier molecular flexibility index (Phi) is 6.69. The first-order valence-corrected chi connectivity index (χ1v) is 8.00. The van der Waals surface area contributed by atoms with E-state index in [-0.39, 0.29) is 5.91 Å². The Morgan fingerprint density at radius 1 is 1.21 bits per heavy atom. The van der Waals surface area contributed by atoms with Crippen molar-refractivity contribution in [1.29, 1.82) is 0 Å². The first-order valence-electron chi connectivity index (χ1n) is 8.00. The molecule has 2 N–H and O–H groups in total. The maximum atomic E-state index is 12.2. The summed E-state index contributed by atoms with van der Waals surface area (Å²) in [5.74, 6) is 0.258. The number of hydrogen-bond donors (Lipinski definition) is 2. The molecule has 0 bridgehead atoms. The number of ether oxygens (including phenoxy) is 1. The summed E-state index contributed by atoms with van der Waals surface area (Å²) < 4.78 is 4.96. The standard InChI is InChI=1S/C18H24N4O2/c1-13-6-4-7-15(10-13)12-20-18-21-14(2)11-16(22-18)17(23)19-8-5-9-24-3/h4,6-7,10-11H,5,8-9,12H2,1-3H3,(H,19,23)(H,20,21,22). The fourth-order valence-electron chi connectivity index (χ4n) is 2.28. The number of aryl methyl sites for hydroxylation is 2. The van der Waals surface area contributed by atoms with Crippen LogP contribution in [0.2, 0.25) is 0 Å². The van der Waals surface area contributed by atoms with Gasteiger partial charge in [-0.2, -0.15) is 0 Å². The third kappa shape index (κ3) is 5.62. The van der Waals surface area contributed by atoms with Crippen molar-refractivity contribution in [2.75, 3.05) is 25.6 Å². The monoisotopic (exact) mass is 328 g/mol. The molecule has 1 amide bonds. The van der Waals surface area contributed by atoms with Gasteiger partial charge in [0.05, 0.1) is 0 Å². The van der Waals surface area contributed by atoms with Gasteiger partial charge in [-0.25, -0.2) is 9.97 Å². The number of aromatic nitrogens is 2. The molecule has 0 fully saturated rings. The third-order valence-corrected chi connectivity index (χ3v) is 3.43. The summed E-state index contributed by atoms with van der Waals surface area (Å²) in [5.41, 5.74) is 3.46. The maximum Gasteiger partial charge on any atom is 0.270 e. The fourth-order valence-corrected chi connectivity index (χ4v) is 2.28. The molecule has 0 radical (unpaired) electrons. The highest BCUT2D eigenvalue weighted by molar-refractivity contribution is 5.92. The molecule has 0 atom stereocenters. The van der Waals surface area contributed by atoms with Crippen LogP contribution in [0.1, 0.15) is 33.7 Å². The molecule has 1 aromatic heterocycles. The molecule has 2 aromatic rings. The second kappa shape index (κ2) is 8.98. The van der Waals surface area contributed by atoms with Crippen LogP contribution in [0.4, 0.5) is 5.95 Å². The number of rotatable bonds is 8. The second-order valence-electron chi connectivity index (χ2n) is 5.66. The van der Waals surface area contributed by atoms with Crippen LogP contribution in [-0.4, -0.2) is 36.1 Å². The topological polar surface area (TPSA) is 76.1 Å². The van der Waals surface area contributed by atoms with Crippen molar-refractivity contribution in [3.05, 3.63) is 52.8 Å². The lowest BCUT2D eigenvalue weighted by Gasteiger charge is -2.09. The van der Waals surface area contributed by atoms with Crippen LogP contribution in [0, 0.1) is 13.8 Å². The zero-order valence-corrected chi connectivity index (χ0v) is 14.4. The number of carbonyl (C=O) groups excluding carboxylic acids is 1. The minimum atomic E-state index is -0.199. The van der Waals surface area contributed by atoms with E-state index in [4.69, 9.17) is 4.74 Å². The van der Waals surface area contributed by atoms with Gasteiger partial charge in [0.2, 0.25) is 5.95 Å². The predicted molar refractivity (Wildman–Crippen MR) is 94.1 cm³/mol. The van der Waals surface area contributed by atoms with Gasteiger partial charge in [-0.05, 0) is 31.9 Å². The molecular weight excluding hydrogens is 304 g/mol. The molecule has 24 heavy (non-hydrogen) atoms. The van der Waals surface area contributed by atoms with Gasteiger partial charge in [0.15, 0.2) is 0 Å². The van der Waals surface area contributed by atoms with E-state index < -0.39 is 0 Å². The molecule has 0 saturated heterocycles. The Morgan fingerprint density at radius 3 is 2.79 bits per heavy atom. The van der Waals surface area contributed by atoms with Gasteiger partial charge in [-0.15, -0.1) is 0 Å². The van der Waals surface area contributed by atoms with E-state index in [0.717, 1.165) is 17.7 Å². The molecular formula is C18H24N4O2. The number of nitrogens with zero attached hydrogens (tertiary/aromatic N) is 2. The van der Waals surface area contributed by atoms with Crippen LogP contribution < -0.4 is 10.6 Å². The van der Waals surface area contributed by atoms with Crippen molar-refractivity contribution in [3.63, 3.8) is 0 Å². The summed E-state index contributed by atoms with van der Waals surface area (Å²) in [4.78, 5) is 20.8. The minimum Gasteiger partial charge on any atom is -0.385 e. The van der Waals surface area contributed by atoms with Crippen LogP contribution in [-0.2, 0) is 11.3 Å². The molecule has 6 heteroatoms. The molecule has 0 unspecified atom stereocenters. The molecule has 128 valence electrons. The summed E-state index contributed by atoms with van der Waals surface area (Å²) in [6.07, 6.45) is 0.769. The fraction of sp³-hybridized carbons (Fsp3) is 0.389. The lowest BCUT2D eigenvalue weighted by Crippen LogP contribution is -2.26. The zero-order valence-electron chi connectivity index (χ0n) is 14.4. The van der Waals surface area contributed by atoms with Gasteiger partial charge in [-0.3, -0.25) is 4.79 Å². The van der Waals surface area contributed by atoms with E-state index in [1.54, 1.807) is 13.2 Å². The largest absolute Gasteiger partial charge is 0.385 e. The average Bonchev–Trinajstić information content (AvgIpc) is 2.56. The summed E-state index contributed by atoms with van der Waals surface area (Å²) in [6, 6.07) is 9.90. The number of methoxy groups -OCH3 is 1. The van der Waals surface area contributed by atoms with E-state index in [2.05, 4.69) is 39.7 Å². The highest BCUT2D eigenvalue weighted by Crippen LogP contribution is 2.09. The number of hydrogen-bond acceptors (Lipinski definition) is 5. The molecule has 6 nitrogen and oxygen atoms in total. The first kappa shape index (κ1) is 17.9. The summed E-state index contributed by atoms with van der Waals surface area (Å²) in [5, 5.41) is 6.01. The Balaban J connectivity index is 1.98. The van der Waals surface area contributed by atoms with Crippen molar-refractivity contribution in [3.8, 4) is 0 Å². The van der Waals surface area contributed by atoms with Gasteiger partial charge in [0.25, 0.3) is 5.91 Å². The lowest BCUT2D eigenvalue weighted by molar-refractivity contribution is 0.0943. The van der Waals surface area contributed by atoms with Crippen molar-refractivity contribution < 1.29 is 9.53 Å². The van der Waals surface area contributed by atoms with E-state index in [1.807, 2.05) is 19.1 Å². The summed E-state index contributed by atoms with van der Waals surface area (Å²) in [6.45, 7) is 5.69. The van der Waals surface area contributed by atoms with Crippen molar-refractivity contribution in [1.82, 2.24) is 15.3 Å². The van der Waals surface area contributed by atoms with Gasteiger partial charge < -0.3 is 15.4 Å². The summed E-state index contributed by atoms with van der Waals surface area (Å²) in [7, 11) is 1.64. The van der Waals surface area contributed by atoms with Crippen LogP contribution >= 0.6 is 0 Å². The van der Waals surface area contributed by atoms with Crippen LogP contribution in [0.15, 0.2) is 30.3 Å². The zero-order chi connectivity index (χ0) is 17.4. The van der Waals surface area contributed by atoms with Crippen LogP contribution in [0.3, 0.4) is 0 Å². The Hall–Kier alpha value is -2.47. The third-order valence-electron chi connectivity index (χ3n) is 3.43. The van der Waals surface area contributed by atoms with Crippen molar-refractivity contribution >= 4 is 11.9 Å². The van der Waals surface area contributed by atoms with Crippen molar-refractivity contribution in [2.45, 2.75) is 26.8 Å². The molecule has 0 aliphatic heterocycles. The normalized spacial score (nSPS) is 10.5. The molecule has 2 rings (SSSR count). The molecule has 0 aliphatic carbocycles. The highest BCUT2D eigenvalue weighted by Gasteiger charge is 2.10. The van der Waals surface area contributed by atoms with Crippen LogP contribution in [0.5, 0.6) is 0 Å². The highest BCUT2D eigenvalue weighted by atomic mass is 16.5.